The van der Waals surface area contributed by atoms with Crippen LogP contribution < -0.4 is 10.5 Å². The zero-order chi connectivity index (χ0) is 15.4. The van der Waals surface area contributed by atoms with E-state index in [2.05, 4.69) is 0 Å². The third-order valence-corrected chi connectivity index (χ3v) is 3.19. The lowest BCUT2D eigenvalue weighted by atomic mass is 9.97. The van der Waals surface area contributed by atoms with Crippen molar-refractivity contribution in [3.05, 3.63) is 53.8 Å². The maximum Gasteiger partial charge on any atom is 0.305 e. The van der Waals surface area contributed by atoms with Crippen molar-refractivity contribution in [1.29, 1.82) is 0 Å². The Morgan fingerprint density at radius 2 is 2.10 bits per heavy atom. The number of carboxylic acid groups (broad SMARTS) is 1. The highest BCUT2D eigenvalue weighted by Gasteiger charge is 2.14. The minimum atomic E-state index is -0.991. The van der Waals surface area contributed by atoms with E-state index in [1.807, 2.05) is 0 Å². The Bertz CT molecular complexity index is 658. The SMILES string of the molecule is COc1cccc(-c2cc([C@@H](N)CC(=O)O)ccc2F)c1. The van der Waals surface area contributed by atoms with Crippen LogP contribution in [0.15, 0.2) is 42.5 Å². The molecule has 3 N–H and O–H groups in total. The standard InChI is InChI=1S/C16H16FNO3/c1-21-12-4-2-3-10(7-12)13-8-11(5-6-14(13)17)15(18)9-16(19)20/h2-8,15H,9,18H2,1H3,(H,19,20)/t15-/m0/s1. The molecular weight excluding hydrogens is 273 g/mol. The number of rotatable bonds is 5. The van der Waals surface area contributed by atoms with E-state index >= 15 is 0 Å². The lowest BCUT2D eigenvalue weighted by Gasteiger charge is -2.12. The summed E-state index contributed by atoms with van der Waals surface area (Å²) in [6.07, 6.45) is -0.205. The van der Waals surface area contributed by atoms with Gasteiger partial charge in [-0.2, -0.15) is 0 Å². The van der Waals surface area contributed by atoms with Crippen molar-refractivity contribution in [1.82, 2.24) is 0 Å². The monoisotopic (exact) mass is 289 g/mol. The molecule has 0 spiro atoms. The second kappa shape index (κ2) is 6.37. The molecule has 1 atom stereocenters. The molecule has 0 aromatic heterocycles. The first-order chi connectivity index (χ1) is 10.0. The summed E-state index contributed by atoms with van der Waals surface area (Å²) in [6.45, 7) is 0. The fourth-order valence-corrected chi connectivity index (χ4v) is 2.09. The molecule has 0 aliphatic rings. The molecule has 0 heterocycles. The van der Waals surface area contributed by atoms with E-state index in [-0.39, 0.29) is 6.42 Å². The maximum absolute atomic E-state index is 14.0. The first-order valence-corrected chi connectivity index (χ1v) is 6.42. The molecule has 5 heteroatoms. The Morgan fingerprint density at radius 3 is 2.76 bits per heavy atom. The predicted octanol–water partition coefficient (Wildman–Crippen LogP) is 2.98. The molecule has 2 aromatic carbocycles. The summed E-state index contributed by atoms with van der Waals surface area (Å²) in [5, 5.41) is 8.78. The molecule has 0 aliphatic carbocycles. The normalized spacial score (nSPS) is 12.0. The zero-order valence-electron chi connectivity index (χ0n) is 11.5. The number of aliphatic carboxylic acids is 1. The third-order valence-electron chi connectivity index (χ3n) is 3.19. The Labute approximate surface area is 122 Å². The lowest BCUT2D eigenvalue weighted by molar-refractivity contribution is -0.137. The van der Waals surface area contributed by atoms with Gasteiger partial charge in [0.1, 0.15) is 11.6 Å². The van der Waals surface area contributed by atoms with Crippen LogP contribution in [-0.4, -0.2) is 18.2 Å². The second-order valence-electron chi connectivity index (χ2n) is 4.68. The van der Waals surface area contributed by atoms with Crippen LogP contribution in [0.25, 0.3) is 11.1 Å². The summed E-state index contributed by atoms with van der Waals surface area (Å²) in [4.78, 5) is 10.7. The van der Waals surface area contributed by atoms with Crippen LogP contribution in [0.2, 0.25) is 0 Å². The van der Waals surface area contributed by atoms with Crippen molar-refractivity contribution in [3.63, 3.8) is 0 Å². The van der Waals surface area contributed by atoms with Crippen LogP contribution in [0.5, 0.6) is 5.75 Å². The number of carbonyl (C=O) groups is 1. The third kappa shape index (κ3) is 3.58. The van der Waals surface area contributed by atoms with E-state index in [1.165, 1.54) is 19.2 Å². The molecule has 2 aromatic rings. The highest BCUT2D eigenvalue weighted by atomic mass is 19.1. The number of carboxylic acids is 1. The van der Waals surface area contributed by atoms with Gasteiger partial charge in [0.25, 0.3) is 0 Å². The van der Waals surface area contributed by atoms with Gasteiger partial charge in [-0.25, -0.2) is 4.39 Å². The van der Waals surface area contributed by atoms with Gasteiger partial charge in [-0.15, -0.1) is 0 Å². The largest absolute Gasteiger partial charge is 0.497 e. The van der Waals surface area contributed by atoms with Crippen molar-refractivity contribution in [2.75, 3.05) is 7.11 Å². The van der Waals surface area contributed by atoms with Crippen molar-refractivity contribution in [3.8, 4) is 16.9 Å². The van der Waals surface area contributed by atoms with E-state index in [0.717, 1.165) is 0 Å². The summed E-state index contributed by atoms with van der Waals surface area (Å²) >= 11 is 0. The molecule has 2 rings (SSSR count). The number of halogens is 1. The Balaban J connectivity index is 2.41. The van der Waals surface area contributed by atoms with Crippen molar-refractivity contribution >= 4 is 5.97 Å². The van der Waals surface area contributed by atoms with Gasteiger partial charge in [-0.3, -0.25) is 4.79 Å². The van der Waals surface area contributed by atoms with Crippen LogP contribution in [0.3, 0.4) is 0 Å². The highest BCUT2D eigenvalue weighted by Crippen LogP contribution is 2.29. The molecule has 0 saturated carbocycles. The van der Waals surface area contributed by atoms with E-state index in [0.29, 0.717) is 22.4 Å². The van der Waals surface area contributed by atoms with Gasteiger partial charge >= 0.3 is 5.97 Å². The maximum atomic E-state index is 14.0. The molecule has 21 heavy (non-hydrogen) atoms. The fourth-order valence-electron chi connectivity index (χ4n) is 2.09. The van der Waals surface area contributed by atoms with Gasteiger partial charge in [-0.05, 0) is 35.4 Å². The molecule has 0 aliphatic heterocycles. The topological polar surface area (TPSA) is 72.5 Å². The molecular formula is C16H16FNO3. The van der Waals surface area contributed by atoms with Gasteiger partial charge in [0, 0.05) is 11.6 Å². The van der Waals surface area contributed by atoms with Crippen molar-refractivity contribution < 1.29 is 19.0 Å². The van der Waals surface area contributed by atoms with Gasteiger partial charge in [0.15, 0.2) is 0 Å². The first-order valence-electron chi connectivity index (χ1n) is 6.42. The average molecular weight is 289 g/mol. The van der Waals surface area contributed by atoms with Crippen LogP contribution in [-0.2, 0) is 4.79 Å². The van der Waals surface area contributed by atoms with Crippen molar-refractivity contribution in [2.45, 2.75) is 12.5 Å². The Morgan fingerprint density at radius 1 is 1.33 bits per heavy atom. The quantitative estimate of drug-likeness (QED) is 0.887. The molecule has 0 radical (unpaired) electrons. The first kappa shape index (κ1) is 15.0. The summed E-state index contributed by atoms with van der Waals surface area (Å²) in [5.74, 6) is -0.767. The number of hydrogen-bond donors (Lipinski definition) is 2. The number of benzene rings is 2. The molecule has 0 amide bonds. The summed E-state index contributed by atoms with van der Waals surface area (Å²) in [5.41, 5.74) is 7.42. The molecule has 0 saturated heterocycles. The smallest absolute Gasteiger partial charge is 0.305 e. The second-order valence-corrected chi connectivity index (χ2v) is 4.68. The fraction of sp³-hybridized carbons (Fsp3) is 0.188. The molecule has 4 nitrogen and oxygen atoms in total. The summed E-state index contributed by atoms with van der Waals surface area (Å²) in [6, 6.07) is 10.7. The van der Waals surface area contributed by atoms with Gasteiger partial charge in [0.05, 0.1) is 13.5 Å². The van der Waals surface area contributed by atoms with Gasteiger partial charge in [-0.1, -0.05) is 18.2 Å². The van der Waals surface area contributed by atoms with E-state index < -0.39 is 17.8 Å². The number of ether oxygens (including phenoxy) is 1. The molecule has 0 bridgehead atoms. The minimum Gasteiger partial charge on any atom is -0.497 e. The number of nitrogens with two attached hydrogens (primary N) is 1. The van der Waals surface area contributed by atoms with Gasteiger partial charge < -0.3 is 15.6 Å². The van der Waals surface area contributed by atoms with Crippen LogP contribution >= 0.6 is 0 Å². The van der Waals surface area contributed by atoms with Gasteiger partial charge in [0.2, 0.25) is 0 Å². The summed E-state index contributed by atoms with van der Waals surface area (Å²) < 4.78 is 19.1. The average Bonchev–Trinajstić information content (AvgIpc) is 2.47. The molecule has 110 valence electrons. The van der Waals surface area contributed by atoms with Crippen molar-refractivity contribution in [2.24, 2.45) is 5.73 Å². The molecule has 0 unspecified atom stereocenters. The highest BCUT2D eigenvalue weighted by molar-refractivity contribution is 5.69. The Kier molecular flexibility index (Phi) is 4.55. The van der Waals surface area contributed by atoms with E-state index in [9.17, 15) is 9.18 Å². The number of hydrogen-bond acceptors (Lipinski definition) is 3. The zero-order valence-corrected chi connectivity index (χ0v) is 11.5. The van der Waals surface area contributed by atoms with Crippen LogP contribution in [0.4, 0.5) is 4.39 Å². The number of methoxy groups -OCH3 is 1. The molecule has 0 fully saturated rings. The van der Waals surface area contributed by atoms with Crippen LogP contribution in [0.1, 0.15) is 18.0 Å². The Hall–Kier alpha value is -2.40. The summed E-state index contributed by atoms with van der Waals surface area (Å²) in [7, 11) is 1.54. The van der Waals surface area contributed by atoms with Crippen LogP contribution in [0, 0.1) is 5.82 Å². The lowest BCUT2D eigenvalue weighted by Crippen LogP contribution is -2.15. The van der Waals surface area contributed by atoms with E-state index in [4.69, 9.17) is 15.6 Å². The minimum absolute atomic E-state index is 0.205. The predicted molar refractivity (Wildman–Crippen MR) is 77.6 cm³/mol. The van der Waals surface area contributed by atoms with E-state index in [1.54, 1.807) is 30.3 Å².